The largest absolute Gasteiger partial charge is 0.497 e. The molecule has 3 aliphatic rings. The summed E-state index contributed by atoms with van der Waals surface area (Å²) in [5.74, 6) is 1.51. The molecule has 2 atom stereocenters. The molecule has 3 saturated heterocycles. The highest BCUT2D eigenvalue weighted by Crippen LogP contribution is 2.38. The van der Waals surface area contributed by atoms with Crippen LogP contribution in [-0.4, -0.2) is 55.0 Å². The number of fused-ring (bicyclic) bond motifs is 2. The number of anilines is 1. The molecule has 0 amide bonds. The molecule has 2 aromatic rings. The van der Waals surface area contributed by atoms with Crippen molar-refractivity contribution in [2.45, 2.75) is 30.3 Å². The average Bonchev–Trinajstić information content (AvgIpc) is 2.61. The lowest BCUT2D eigenvalue weighted by Gasteiger charge is -2.55. The van der Waals surface area contributed by atoms with Gasteiger partial charge in [0.05, 0.1) is 12.0 Å². The molecule has 0 spiro atoms. The van der Waals surface area contributed by atoms with Crippen LogP contribution < -0.4 is 9.64 Å². The first-order chi connectivity index (χ1) is 12.0. The van der Waals surface area contributed by atoms with Crippen LogP contribution in [0, 0.1) is 6.92 Å². The van der Waals surface area contributed by atoms with E-state index in [1.807, 2.05) is 13.0 Å². The van der Waals surface area contributed by atoms with E-state index in [1.165, 1.54) is 0 Å². The van der Waals surface area contributed by atoms with Crippen molar-refractivity contribution in [3.8, 4) is 5.75 Å². The standard InChI is InChI=1S/C17H20N4O3S/c1-12-7-17(19-11-18-12)20-9-13-8-14(10-20)21(13)25(22,23)16-5-3-15(24-2)4-6-16/h3-7,11,13-14H,8-10H2,1-2H3. The zero-order valence-corrected chi connectivity index (χ0v) is 15.0. The molecule has 1 aromatic heterocycles. The molecule has 0 N–H and O–H groups in total. The number of hydrogen-bond acceptors (Lipinski definition) is 6. The van der Waals surface area contributed by atoms with E-state index >= 15 is 0 Å². The summed E-state index contributed by atoms with van der Waals surface area (Å²) in [5, 5.41) is 0. The highest BCUT2D eigenvalue weighted by atomic mass is 32.2. The average molecular weight is 360 g/mol. The molecule has 7 nitrogen and oxygen atoms in total. The van der Waals surface area contributed by atoms with Crippen LogP contribution in [0.25, 0.3) is 0 Å². The van der Waals surface area contributed by atoms with Gasteiger partial charge in [-0.3, -0.25) is 0 Å². The molecule has 2 bridgehead atoms. The predicted octanol–water partition coefficient (Wildman–Crippen LogP) is 1.45. The molecule has 5 rings (SSSR count). The molecule has 0 radical (unpaired) electrons. The molecule has 4 heterocycles. The lowest BCUT2D eigenvalue weighted by molar-refractivity contribution is 0.0874. The Labute approximate surface area is 147 Å². The van der Waals surface area contributed by atoms with Gasteiger partial charge in [0.2, 0.25) is 10.0 Å². The van der Waals surface area contributed by atoms with Gasteiger partial charge in [-0.1, -0.05) is 0 Å². The monoisotopic (exact) mass is 360 g/mol. The van der Waals surface area contributed by atoms with Crippen molar-refractivity contribution < 1.29 is 13.2 Å². The van der Waals surface area contributed by atoms with E-state index in [9.17, 15) is 8.42 Å². The Morgan fingerprint density at radius 1 is 1.12 bits per heavy atom. The van der Waals surface area contributed by atoms with Gasteiger partial charge in [-0.2, -0.15) is 4.31 Å². The molecule has 25 heavy (non-hydrogen) atoms. The summed E-state index contributed by atoms with van der Waals surface area (Å²) in [6, 6.07) is 8.48. The minimum absolute atomic E-state index is 0.0128. The SMILES string of the molecule is COc1ccc(S(=O)(=O)N2C3CC2CN(c2cc(C)ncn2)C3)cc1. The maximum absolute atomic E-state index is 13.0. The minimum Gasteiger partial charge on any atom is -0.497 e. The van der Waals surface area contributed by atoms with E-state index in [0.717, 1.165) is 17.9 Å². The molecule has 0 aliphatic carbocycles. The summed E-state index contributed by atoms with van der Waals surface area (Å²) in [7, 11) is -1.92. The molecular weight excluding hydrogens is 340 g/mol. The quantitative estimate of drug-likeness (QED) is 0.821. The normalized spacial score (nSPS) is 23.2. The summed E-state index contributed by atoms with van der Waals surface area (Å²) < 4.78 is 32.7. The maximum Gasteiger partial charge on any atom is 0.243 e. The van der Waals surface area contributed by atoms with Crippen LogP contribution >= 0.6 is 0 Å². The number of hydrogen-bond donors (Lipinski definition) is 0. The number of benzene rings is 1. The topological polar surface area (TPSA) is 75.6 Å². The van der Waals surface area contributed by atoms with Gasteiger partial charge in [0, 0.05) is 36.9 Å². The third-order valence-corrected chi connectivity index (χ3v) is 6.89. The molecule has 8 heteroatoms. The van der Waals surface area contributed by atoms with Crippen LogP contribution in [0.3, 0.4) is 0 Å². The number of sulfonamides is 1. The third kappa shape index (κ3) is 2.75. The second kappa shape index (κ2) is 5.96. The fourth-order valence-electron chi connectivity index (χ4n) is 3.64. The number of aryl methyl sites for hydroxylation is 1. The van der Waals surface area contributed by atoms with Crippen molar-refractivity contribution in [3.63, 3.8) is 0 Å². The molecule has 2 unspecified atom stereocenters. The van der Waals surface area contributed by atoms with Crippen LogP contribution in [0.15, 0.2) is 41.6 Å². The van der Waals surface area contributed by atoms with Gasteiger partial charge in [0.1, 0.15) is 17.9 Å². The van der Waals surface area contributed by atoms with Crippen LogP contribution in [0.4, 0.5) is 5.82 Å². The number of ether oxygens (including phenoxy) is 1. The smallest absolute Gasteiger partial charge is 0.243 e. The van der Waals surface area contributed by atoms with Crippen molar-refractivity contribution >= 4 is 15.8 Å². The summed E-state index contributed by atoms with van der Waals surface area (Å²) in [6.45, 7) is 3.24. The fraction of sp³-hybridized carbons (Fsp3) is 0.412. The summed E-state index contributed by atoms with van der Waals surface area (Å²) in [4.78, 5) is 10.9. The van der Waals surface area contributed by atoms with Gasteiger partial charge < -0.3 is 9.64 Å². The van der Waals surface area contributed by atoms with Gasteiger partial charge >= 0.3 is 0 Å². The maximum atomic E-state index is 13.0. The van der Waals surface area contributed by atoms with Gasteiger partial charge in [0.15, 0.2) is 0 Å². The first-order valence-corrected chi connectivity index (χ1v) is 9.64. The highest BCUT2D eigenvalue weighted by Gasteiger charge is 2.51. The Kier molecular flexibility index (Phi) is 3.88. The number of aromatic nitrogens is 2. The molecular formula is C17H20N4O3S. The van der Waals surface area contributed by atoms with Gasteiger partial charge in [-0.05, 0) is 37.6 Å². The Balaban J connectivity index is 1.54. The van der Waals surface area contributed by atoms with Crippen molar-refractivity contribution in [3.05, 3.63) is 42.4 Å². The Morgan fingerprint density at radius 2 is 1.80 bits per heavy atom. The second-order valence-corrected chi connectivity index (χ2v) is 8.32. The molecule has 132 valence electrons. The Morgan fingerprint density at radius 3 is 2.40 bits per heavy atom. The van der Waals surface area contributed by atoms with Gasteiger partial charge in [-0.15, -0.1) is 0 Å². The summed E-state index contributed by atoms with van der Waals surface area (Å²) >= 11 is 0. The molecule has 1 aromatic carbocycles. The van der Waals surface area contributed by atoms with Crippen LogP contribution in [0.5, 0.6) is 5.75 Å². The zero-order chi connectivity index (χ0) is 17.6. The number of rotatable bonds is 4. The van der Waals surface area contributed by atoms with Crippen molar-refractivity contribution in [2.24, 2.45) is 0 Å². The lowest BCUT2D eigenvalue weighted by Crippen LogP contribution is -2.70. The zero-order valence-electron chi connectivity index (χ0n) is 14.2. The van der Waals surface area contributed by atoms with Crippen molar-refractivity contribution in [1.29, 1.82) is 0 Å². The predicted molar refractivity (Wildman–Crippen MR) is 93.2 cm³/mol. The summed E-state index contributed by atoms with van der Waals surface area (Å²) in [5.41, 5.74) is 0.909. The first kappa shape index (κ1) is 16.3. The van der Waals surface area contributed by atoms with Gasteiger partial charge in [0.25, 0.3) is 0 Å². The molecule has 0 saturated carbocycles. The van der Waals surface area contributed by atoms with Crippen LogP contribution in [0.1, 0.15) is 12.1 Å². The Bertz CT molecular complexity index is 873. The highest BCUT2D eigenvalue weighted by molar-refractivity contribution is 7.89. The lowest BCUT2D eigenvalue weighted by atomic mass is 9.91. The van der Waals surface area contributed by atoms with E-state index < -0.39 is 10.0 Å². The minimum atomic E-state index is -3.48. The fourth-order valence-corrected chi connectivity index (χ4v) is 5.45. The second-order valence-electron chi connectivity index (χ2n) is 6.48. The van der Waals surface area contributed by atoms with Crippen LogP contribution in [-0.2, 0) is 10.0 Å². The molecule has 3 fully saturated rings. The number of piperazine rings is 1. The third-order valence-electron chi connectivity index (χ3n) is 4.87. The van der Waals surface area contributed by atoms with Gasteiger partial charge in [-0.25, -0.2) is 18.4 Å². The Hall–Kier alpha value is -2.19. The van der Waals surface area contributed by atoms with Crippen molar-refractivity contribution in [2.75, 3.05) is 25.1 Å². The van der Waals surface area contributed by atoms with E-state index in [1.54, 1.807) is 42.0 Å². The number of piperidine rings is 1. The molecule has 3 aliphatic heterocycles. The van der Waals surface area contributed by atoms with E-state index in [-0.39, 0.29) is 12.1 Å². The van der Waals surface area contributed by atoms with E-state index in [0.29, 0.717) is 23.7 Å². The van der Waals surface area contributed by atoms with E-state index in [2.05, 4.69) is 14.9 Å². The van der Waals surface area contributed by atoms with Crippen molar-refractivity contribution in [1.82, 2.24) is 14.3 Å². The number of nitrogens with zero attached hydrogens (tertiary/aromatic N) is 4. The summed E-state index contributed by atoms with van der Waals surface area (Å²) in [6.07, 6.45) is 2.45. The van der Waals surface area contributed by atoms with E-state index in [4.69, 9.17) is 4.74 Å². The van der Waals surface area contributed by atoms with Crippen LogP contribution in [0.2, 0.25) is 0 Å². The number of methoxy groups -OCH3 is 1. The first-order valence-electron chi connectivity index (χ1n) is 8.20.